The first-order valence-electron chi connectivity index (χ1n) is 16.2. The molecule has 1 saturated heterocycles. The average molecular weight is 651 g/mol. The Bertz CT molecular complexity index is 1170. The number of amides is 5. The zero-order chi connectivity index (χ0) is 31.6. The molecule has 5 aliphatic rings. The lowest BCUT2D eigenvalue weighted by Crippen LogP contribution is -2.61. The molecule has 242 valence electrons. The Kier molecular flexibility index (Phi) is 10.3. The smallest absolute Gasteiger partial charge is 0.315 e. The molecule has 44 heavy (non-hydrogen) atoms. The molecule has 4 unspecified atom stereocenters. The van der Waals surface area contributed by atoms with Crippen LogP contribution in [0.1, 0.15) is 70.6 Å². The van der Waals surface area contributed by atoms with Crippen LogP contribution in [-0.4, -0.2) is 76.0 Å². The second-order valence-corrected chi connectivity index (χ2v) is 14.8. The fraction of sp³-hybridized carbons (Fsp3) is 0.719. The van der Waals surface area contributed by atoms with Crippen LogP contribution in [0.5, 0.6) is 0 Å². The van der Waals surface area contributed by atoms with Crippen LogP contribution in [0.2, 0.25) is 0 Å². The number of carbonyl (C=O) groups excluding carboxylic acids is 5. The van der Waals surface area contributed by atoms with Gasteiger partial charge in [0.25, 0.3) is 5.91 Å². The summed E-state index contributed by atoms with van der Waals surface area (Å²) < 4.78 is -1.19. The largest absolute Gasteiger partial charge is 0.346 e. The van der Waals surface area contributed by atoms with Crippen molar-refractivity contribution in [3.63, 3.8) is 0 Å². The number of allylic oxidation sites excluding steroid dienone is 1. The van der Waals surface area contributed by atoms with Crippen molar-refractivity contribution < 1.29 is 24.0 Å². The Labute approximate surface area is 269 Å². The number of nitrogens with one attached hydrogen (secondary N) is 4. The van der Waals surface area contributed by atoms with E-state index in [1.807, 2.05) is 0 Å². The van der Waals surface area contributed by atoms with E-state index in [1.54, 1.807) is 6.08 Å². The molecule has 12 heteroatoms. The van der Waals surface area contributed by atoms with Crippen molar-refractivity contribution in [3.8, 4) is 0 Å². The number of Topliss-reactive ketones (excluding diaryl/α,β-unsaturated/α-hetero) is 1. The Morgan fingerprint density at radius 2 is 1.70 bits per heavy atom. The number of hydrogen-bond donors (Lipinski definition) is 4. The van der Waals surface area contributed by atoms with Gasteiger partial charge in [-0.2, -0.15) is 0 Å². The van der Waals surface area contributed by atoms with Crippen LogP contribution in [-0.2, 0) is 19.2 Å². The number of likely N-dealkylation sites (tertiary alicyclic amines) is 1. The molecule has 5 rings (SSSR count). The quantitative estimate of drug-likeness (QED) is 0.138. The maximum absolute atomic E-state index is 14.3. The van der Waals surface area contributed by atoms with Gasteiger partial charge in [-0.05, 0) is 62.7 Å². The molecule has 10 nitrogen and oxygen atoms in total. The number of piperidine rings is 1. The summed E-state index contributed by atoms with van der Waals surface area (Å²) in [6, 6.07) is -3.19. The second kappa shape index (κ2) is 13.8. The lowest BCUT2D eigenvalue weighted by atomic mass is 9.83. The highest BCUT2D eigenvalue weighted by Crippen LogP contribution is 2.65. The predicted molar refractivity (Wildman–Crippen MR) is 168 cm³/mol. The Hall–Kier alpha value is -2.59. The number of ketones is 1. The number of halogens is 2. The minimum Gasteiger partial charge on any atom is -0.346 e. The SMILES string of the molecule is C=CCC[C@@H](NC(=O)[C@@H]1[C@@H]2[C@H](CN1C(=O)C(NC(=O)NC1CC3CCC1C3)C1CCCCC1)C2(Cl)Cl)C(=O)C(=O)NCC=C. The number of rotatable bonds is 13. The van der Waals surface area contributed by atoms with Crippen LogP contribution < -0.4 is 21.3 Å². The minimum atomic E-state index is -1.19. The molecular weight excluding hydrogens is 605 g/mol. The van der Waals surface area contributed by atoms with Crippen LogP contribution in [0, 0.1) is 29.6 Å². The van der Waals surface area contributed by atoms with E-state index >= 15 is 0 Å². The van der Waals surface area contributed by atoms with E-state index in [9.17, 15) is 24.0 Å². The molecule has 4 saturated carbocycles. The van der Waals surface area contributed by atoms with E-state index in [4.69, 9.17) is 23.2 Å². The number of carbonyl (C=O) groups is 5. The highest BCUT2D eigenvalue weighted by molar-refractivity contribution is 6.51. The molecule has 0 spiro atoms. The van der Waals surface area contributed by atoms with E-state index < -0.39 is 46.0 Å². The lowest BCUT2D eigenvalue weighted by molar-refractivity contribution is -0.144. The van der Waals surface area contributed by atoms with Gasteiger partial charge in [-0.3, -0.25) is 19.2 Å². The summed E-state index contributed by atoms with van der Waals surface area (Å²) in [5.41, 5.74) is 0. The van der Waals surface area contributed by atoms with Gasteiger partial charge in [0.05, 0.1) is 6.04 Å². The summed E-state index contributed by atoms with van der Waals surface area (Å²) in [6.45, 7) is 7.49. The van der Waals surface area contributed by atoms with Gasteiger partial charge in [-0.15, -0.1) is 36.4 Å². The maximum atomic E-state index is 14.3. The van der Waals surface area contributed by atoms with Crippen LogP contribution >= 0.6 is 23.2 Å². The monoisotopic (exact) mass is 649 g/mol. The summed E-state index contributed by atoms with van der Waals surface area (Å²) in [4.78, 5) is 68.4. The highest BCUT2D eigenvalue weighted by atomic mass is 35.5. The number of hydrogen-bond acceptors (Lipinski definition) is 5. The van der Waals surface area contributed by atoms with Crippen LogP contribution in [0.15, 0.2) is 25.3 Å². The van der Waals surface area contributed by atoms with Crippen molar-refractivity contribution in [2.75, 3.05) is 13.1 Å². The van der Waals surface area contributed by atoms with Crippen molar-refractivity contribution in [1.29, 1.82) is 0 Å². The predicted octanol–water partition coefficient (Wildman–Crippen LogP) is 3.38. The number of alkyl halides is 2. The zero-order valence-corrected chi connectivity index (χ0v) is 26.7. The number of urea groups is 1. The first-order chi connectivity index (χ1) is 21.1. The molecular formula is C32H45Cl2N5O5. The first kappa shape index (κ1) is 32.8. The molecule has 1 aliphatic heterocycles. The average Bonchev–Trinajstić information content (AvgIpc) is 3.53. The standard InChI is InChI=1S/C32H45Cl2N5O5/c1-3-5-11-22(27(40)29(42)35-14-4-2)36-28(41)26-24-21(32(24,33)34)17-39(26)30(43)25(19-9-7-6-8-10-19)38-31(44)37-23-16-18-12-13-20(23)15-18/h3-4,18-26H,1-2,5-17H2,(H,35,42)(H,36,41)(H2,37,38,44)/t18?,20?,21-,22+,23?,24-,25?,26-/m0/s1. The fourth-order valence-electron chi connectivity index (χ4n) is 8.15. The van der Waals surface area contributed by atoms with Gasteiger partial charge in [-0.1, -0.05) is 37.8 Å². The van der Waals surface area contributed by atoms with Crippen molar-refractivity contribution >= 4 is 52.7 Å². The van der Waals surface area contributed by atoms with E-state index in [1.165, 1.54) is 17.4 Å². The van der Waals surface area contributed by atoms with Crippen LogP contribution in [0.25, 0.3) is 0 Å². The Morgan fingerprint density at radius 3 is 2.34 bits per heavy atom. The molecule has 1 heterocycles. The van der Waals surface area contributed by atoms with Crippen LogP contribution in [0.4, 0.5) is 4.79 Å². The molecule has 4 aliphatic carbocycles. The second-order valence-electron chi connectivity index (χ2n) is 13.3. The third-order valence-electron chi connectivity index (χ3n) is 10.5. The highest BCUT2D eigenvalue weighted by Gasteiger charge is 2.74. The molecule has 8 atom stereocenters. The number of nitrogens with zero attached hydrogens (tertiary/aromatic N) is 1. The topological polar surface area (TPSA) is 137 Å². The van der Waals surface area contributed by atoms with Crippen molar-refractivity contribution in [2.24, 2.45) is 29.6 Å². The first-order valence-corrected chi connectivity index (χ1v) is 16.9. The van der Waals surface area contributed by atoms with Crippen molar-refractivity contribution in [1.82, 2.24) is 26.2 Å². The molecule has 0 aromatic rings. The summed E-state index contributed by atoms with van der Waals surface area (Å²) in [6.07, 6.45) is 12.7. The molecule has 4 N–H and O–H groups in total. The van der Waals surface area contributed by atoms with Gasteiger partial charge in [0.1, 0.15) is 16.4 Å². The van der Waals surface area contributed by atoms with Gasteiger partial charge in [-0.25, -0.2) is 4.79 Å². The summed E-state index contributed by atoms with van der Waals surface area (Å²) in [5.74, 6) is -2.33. The lowest BCUT2D eigenvalue weighted by Gasteiger charge is -2.37. The molecule has 0 aromatic heterocycles. The molecule has 0 aromatic carbocycles. The van der Waals surface area contributed by atoms with Gasteiger partial charge in [0, 0.05) is 31.0 Å². The van der Waals surface area contributed by atoms with Gasteiger partial charge < -0.3 is 26.2 Å². The van der Waals surface area contributed by atoms with Crippen molar-refractivity contribution in [3.05, 3.63) is 25.3 Å². The molecule has 0 radical (unpaired) electrons. The van der Waals surface area contributed by atoms with E-state index in [-0.39, 0.29) is 49.3 Å². The zero-order valence-electron chi connectivity index (χ0n) is 25.2. The summed E-state index contributed by atoms with van der Waals surface area (Å²) >= 11 is 13.1. The van der Waals surface area contributed by atoms with Crippen molar-refractivity contribution in [2.45, 2.75) is 99.1 Å². The molecule has 2 bridgehead atoms. The van der Waals surface area contributed by atoms with E-state index in [2.05, 4.69) is 34.4 Å². The maximum Gasteiger partial charge on any atom is 0.315 e. The number of fused-ring (bicyclic) bond motifs is 3. The van der Waals surface area contributed by atoms with Gasteiger partial charge >= 0.3 is 6.03 Å². The minimum absolute atomic E-state index is 0.0603. The van der Waals surface area contributed by atoms with Gasteiger partial charge in [0.15, 0.2) is 0 Å². The fourth-order valence-corrected chi connectivity index (χ4v) is 8.98. The Balaban J connectivity index is 1.32. The molecule has 5 fully saturated rings. The normalized spacial score (nSPS) is 31.3. The third kappa shape index (κ3) is 6.81. The summed E-state index contributed by atoms with van der Waals surface area (Å²) in [7, 11) is 0. The van der Waals surface area contributed by atoms with Crippen LogP contribution in [0.3, 0.4) is 0 Å². The third-order valence-corrected chi connectivity index (χ3v) is 11.6. The molecule has 5 amide bonds. The Morgan fingerprint density at radius 1 is 0.955 bits per heavy atom. The van der Waals surface area contributed by atoms with Gasteiger partial charge in [0.2, 0.25) is 17.6 Å². The van der Waals surface area contributed by atoms with E-state index in [0.717, 1.165) is 51.4 Å². The summed E-state index contributed by atoms with van der Waals surface area (Å²) in [5, 5.41) is 11.3. The van der Waals surface area contributed by atoms with E-state index in [0.29, 0.717) is 18.3 Å².